The van der Waals surface area contributed by atoms with Crippen molar-refractivity contribution in [2.45, 2.75) is 25.8 Å². The normalized spacial score (nSPS) is 16.5. The third-order valence-corrected chi connectivity index (χ3v) is 4.96. The van der Waals surface area contributed by atoms with E-state index in [1.165, 1.54) is 0 Å². The van der Waals surface area contributed by atoms with Crippen LogP contribution in [0.1, 0.15) is 30.3 Å². The number of anilines is 1. The van der Waals surface area contributed by atoms with Crippen molar-refractivity contribution in [1.29, 1.82) is 0 Å². The number of carbonyl (C=O) groups is 1. The SMILES string of the molecule is Cc1cccc(-c2noc([C@H]3CCCN3C(=O)Nc3ccccc3Cl)n2)c1. The lowest BCUT2D eigenvalue weighted by Gasteiger charge is -2.22. The summed E-state index contributed by atoms with van der Waals surface area (Å²) in [6.45, 7) is 2.64. The molecule has 1 aliphatic heterocycles. The summed E-state index contributed by atoms with van der Waals surface area (Å²) in [6.07, 6.45) is 1.66. The third-order valence-electron chi connectivity index (χ3n) is 4.63. The number of aryl methyl sites for hydroxylation is 1. The summed E-state index contributed by atoms with van der Waals surface area (Å²) in [4.78, 5) is 19.0. The molecule has 2 aromatic carbocycles. The first-order chi connectivity index (χ1) is 13.1. The molecule has 6 nitrogen and oxygen atoms in total. The van der Waals surface area contributed by atoms with Crippen LogP contribution in [-0.4, -0.2) is 27.6 Å². The lowest BCUT2D eigenvalue weighted by atomic mass is 10.1. The van der Waals surface area contributed by atoms with Crippen LogP contribution in [0.15, 0.2) is 53.1 Å². The highest BCUT2D eigenvalue weighted by molar-refractivity contribution is 6.33. The van der Waals surface area contributed by atoms with E-state index >= 15 is 0 Å². The number of urea groups is 1. The van der Waals surface area contributed by atoms with Crippen molar-refractivity contribution in [2.24, 2.45) is 0 Å². The van der Waals surface area contributed by atoms with Crippen LogP contribution < -0.4 is 5.32 Å². The predicted molar refractivity (Wildman–Crippen MR) is 104 cm³/mol. The fourth-order valence-electron chi connectivity index (χ4n) is 3.29. The molecule has 4 rings (SSSR count). The van der Waals surface area contributed by atoms with E-state index in [4.69, 9.17) is 16.1 Å². The van der Waals surface area contributed by atoms with E-state index in [9.17, 15) is 4.79 Å². The molecule has 1 aliphatic rings. The molecule has 0 bridgehead atoms. The largest absolute Gasteiger partial charge is 0.337 e. The molecule has 0 aliphatic carbocycles. The van der Waals surface area contributed by atoms with E-state index in [2.05, 4.69) is 15.5 Å². The average molecular weight is 383 g/mol. The predicted octanol–water partition coefficient (Wildman–Crippen LogP) is 5.07. The molecule has 0 spiro atoms. The van der Waals surface area contributed by atoms with Gasteiger partial charge < -0.3 is 14.7 Å². The highest BCUT2D eigenvalue weighted by atomic mass is 35.5. The van der Waals surface area contributed by atoms with Gasteiger partial charge in [-0.25, -0.2) is 4.79 Å². The second-order valence-corrected chi connectivity index (χ2v) is 6.99. The first-order valence-electron chi connectivity index (χ1n) is 8.84. The van der Waals surface area contributed by atoms with Crippen molar-refractivity contribution in [1.82, 2.24) is 15.0 Å². The van der Waals surface area contributed by atoms with Crippen LogP contribution in [0.3, 0.4) is 0 Å². The second kappa shape index (κ2) is 7.40. The Morgan fingerprint density at radius 1 is 1.26 bits per heavy atom. The van der Waals surface area contributed by atoms with Gasteiger partial charge in [-0.15, -0.1) is 0 Å². The number of hydrogen-bond acceptors (Lipinski definition) is 4. The number of carbonyl (C=O) groups excluding carboxylic acids is 1. The molecule has 1 aromatic heterocycles. The number of hydrogen-bond donors (Lipinski definition) is 1. The summed E-state index contributed by atoms with van der Waals surface area (Å²) < 4.78 is 5.49. The minimum Gasteiger partial charge on any atom is -0.337 e. The zero-order valence-corrected chi connectivity index (χ0v) is 15.6. The summed E-state index contributed by atoms with van der Waals surface area (Å²) >= 11 is 6.14. The Balaban J connectivity index is 1.53. The Hall–Kier alpha value is -2.86. The van der Waals surface area contributed by atoms with Gasteiger partial charge in [0.2, 0.25) is 11.7 Å². The van der Waals surface area contributed by atoms with Gasteiger partial charge in [0.1, 0.15) is 6.04 Å². The molecule has 27 heavy (non-hydrogen) atoms. The van der Waals surface area contributed by atoms with Crippen LogP contribution in [0.5, 0.6) is 0 Å². The fraction of sp³-hybridized carbons (Fsp3) is 0.250. The maximum Gasteiger partial charge on any atom is 0.322 e. The molecule has 0 radical (unpaired) electrons. The van der Waals surface area contributed by atoms with Crippen molar-refractivity contribution in [3.05, 3.63) is 65.0 Å². The zero-order chi connectivity index (χ0) is 18.8. The minimum absolute atomic E-state index is 0.221. The number of amides is 2. The Morgan fingerprint density at radius 2 is 2.11 bits per heavy atom. The van der Waals surface area contributed by atoms with Gasteiger partial charge in [0.05, 0.1) is 10.7 Å². The van der Waals surface area contributed by atoms with Gasteiger partial charge in [-0.1, -0.05) is 52.7 Å². The number of nitrogens with one attached hydrogen (secondary N) is 1. The van der Waals surface area contributed by atoms with Gasteiger partial charge in [-0.2, -0.15) is 4.98 Å². The number of likely N-dealkylation sites (tertiary alicyclic amines) is 1. The second-order valence-electron chi connectivity index (χ2n) is 6.59. The monoisotopic (exact) mass is 382 g/mol. The van der Waals surface area contributed by atoms with E-state index in [1.807, 2.05) is 43.3 Å². The fourth-order valence-corrected chi connectivity index (χ4v) is 3.47. The van der Waals surface area contributed by atoms with Crippen LogP contribution in [0.2, 0.25) is 5.02 Å². The van der Waals surface area contributed by atoms with E-state index in [1.54, 1.807) is 17.0 Å². The summed E-state index contributed by atoms with van der Waals surface area (Å²) in [5.74, 6) is 0.991. The number of nitrogens with zero attached hydrogens (tertiary/aromatic N) is 3. The highest BCUT2D eigenvalue weighted by Gasteiger charge is 2.34. The lowest BCUT2D eigenvalue weighted by molar-refractivity contribution is 0.193. The molecule has 1 atom stereocenters. The Bertz CT molecular complexity index is 972. The Kier molecular flexibility index (Phi) is 4.81. The lowest BCUT2D eigenvalue weighted by Crippen LogP contribution is -2.34. The molecule has 0 saturated carbocycles. The number of halogens is 1. The van der Waals surface area contributed by atoms with Crippen molar-refractivity contribution < 1.29 is 9.32 Å². The summed E-state index contributed by atoms with van der Waals surface area (Å²) in [6, 6.07) is 14.6. The molecular weight excluding hydrogens is 364 g/mol. The van der Waals surface area contributed by atoms with Crippen LogP contribution in [0, 0.1) is 6.92 Å². The van der Waals surface area contributed by atoms with Gasteiger partial charge >= 0.3 is 6.03 Å². The third kappa shape index (κ3) is 3.66. The maximum absolute atomic E-state index is 12.7. The number of rotatable bonds is 3. The van der Waals surface area contributed by atoms with E-state index in [-0.39, 0.29) is 12.1 Å². The minimum atomic E-state index is -0.237. The quantitative estimate of drug-likeness (QED) is 0.686. The zero-order valence-electron chi connectivity index (χ0n) is 14.9. The first-order valence-corrected chi connectivity index (χ1v) is 9.22. The van der Waals surface area contributed by atoms with Gasteiger partial charge in [0, 0.05) is 12.1 Å². The average Bonchev–Trinajstić information content (AvgIpc) is 3.33. The maximum atomic E-state index is 12.7. The van der Waals surface area contributed by atoms with Crippen LogP contribution >= 0.6 is 11.6 Å². The summed E-state index contributed by atoms with van der Waals surface area (Å²) in [5, 5.41) is 7.46. The molecule has 3 aromatic rings. The van der Waals surface area contributed by atoms with E-state index in [0.29, 0.717) is 29.0 Å². The highest BCUT2D eigenvalue weighted by Crippen LogP contribution is 2.33. The van der Waals surface area contributed by atoms with Gasteiger partial charge in [-0.05, 0) is 38.0 Å². The molecule has 0 unspecified atom stereocenters. The van der Waals surface area contributed by atoms with Gasteiger partial charge in [0.15, 0.2) is 0 Å². The van der Waals surface area contributed by atoms with Crippen molar-refractivity contribution >= 4 is 23.3 Å². The van der Waals surface area contributed by atoms with E-state index < -0.39 is 0 Å². The van der Waals surface area contributed by atoms with E-state index in [0.717, 1.165) is 24.0 Å². The van der Waals surface area contributed by atoms with Crippen molar-refractivity contribution in [3.63, 3.8) is 0 Å². The molecule has 1 saturated heterocycles. The smallest absolute Gasteiger partial charge is 0.322 e. The summed E-state index contributed by atoms with van der Waals surface area (Å²) in [5.41, 5.74) is 2.61. The van der Waals surface area contributed by atoms with Gasteiger partial charge in [-0.3, -0.25) is 0 Å². The van der Waals surface area contributed by atoms with Gasteiger partial charge in [0.25, 0.3) is 0 Å². The molecule has 2 amide bonds. The molecule has 1 N–H and O–H groups in total. The number of aromatic nitrogens is 2. The molecule has 2 heterocycles. The number of benzene rings is 2. The first kappa shape index (κ1) is 17.5. The molecule has 7 heteroatoms. The van der Waals surface area contributed by atoms with Crippen LogP contribution in [0.25, 0.3) is 11.4 Å². The Morgan fingerprint density at radius 3 is 2.93 bits per heavy atom. The van der Waals surface area contributed by atoms with Crippen molar-refractivity contribution in [2.75, 3.05) is 11.9 Å². The molecule has 1 fully saturated rings. The summed E-state index contributed by atoms with van der Waals surface area (Å²) in [7, 11) is 0. The standard InChI is InChI=1S/C20H19ClN4O2/c1-13-6-4-7-14(12-13)18-23-19(27-24-18)17-10-5-11-25(17)20(26)22-16-9-3-2-8-15(16)21/h2-4,6-9,12,17H,5,10-11H2,1H3,(H,22,26)/t17-/m1/s1. The van der Waals surface area contributed by atoms with Crippen LogP contribution in [0.4, 0.5) is 10.5 Å². The Labute approximate surface area is 162 Å². The number of para-hydroxylation sites is 1. The topological polar surface area (TPSA) is 71.3 Å². The van der Waals surface area contributed by atoms with Crippen molar-refractivity contribution in [3.8, 4) is 11.4 Å². The van der Waals surface area contributed by atoms with Crippen LogP contribution in [-0.2, 0) is 0 Å². The molecule has 138 valence electrons. The molecular formula is C20H19ClN4O2.